The average Bonchev–Trinajstić information content (AvgIpc) is 2.03. The van der Waals surface area contributed by atoms with Gasteiger partial charge in [-0.2, -0.15) is 0 Å². The van der Waals surface area contributed by atoms with E-state index in [-0.39, 0.29) is 6.61 Å². The van der Waals surface area contributed by atoms with Crippen LogP contribution in [-0.2, 0) is 6.61 Å². The van der Waals surface area contributed by atoms with E-state index in [2.05, 4.69) is 13.8 Å². The Morgan fingerprint density at radius 1 is 1.42 bits per heavy atom. The molecule has 0 fully saturated rings. The fourth-order valence-corrected chi connectivity index (χ4v) is 1.33. The molecular formula is C10H15NO. The van der Waals surface area contributed by atoms with Gasteiger partial charge in [0, 0.05) is 5.69 Å². The van der Waals surface area contributed by atoms with Crippen molar-refractivity contribution in [3.05, 3.63) is 29.3 Å². The fraction of sp³-hybridized carbons (Fsp3) is 0.400. The first-order chi connectivity index (χ1) is 5.65. The number of benzene rings is 1. The van der Waals surface area contributed by atoms with Crippen molar-refractivity contribution in [1.29, 1.82) is 0 Å². The lowest BCUT2D eigenvalue weighted by molar-refractivity contribution is 0.280. The minimum absolute atomic E-state index is 0.0680. The minimum Gasteiger partial charge on any atom is -0.399 e. The van der Waals surface area contributed by atoms with Crippen molar-refractivity contribution < 1.29 is 5.11 Å². The van der Waals surface area contributed by atoms with Gasteiger partial charge in [0.25, 0.3) is 0 Å². The van der Waals surface area contributed by atoms with Crippen molar-refractivity contribution in [2.45, 2.75) is 26.4 Å². The van der Waals surface area contributed by atoms with Crippen LogP contribution in [0.3, 0.4) is 0 Å². The Labute approximate surface area is 73.0 Å². The van der Waals surface area contributed by atoms with Crippen molar-refractivity contribution in [2.24, 2.45) is 0 Å². The van der Waals surface area contributed by atoms with Crippen LogP contribution in [0.1, 0.15) is 30.9 Å². The fourth-order valence-electron chi connectivity index (χ4n) is 1.33. The number of aliphatic hydroxyl groups is 1. The van der Waals surface area contributed by atoms with Gasteiger partial charge in [0.05, 0.1) is 6.61 Å². The molecule has 66 valence electrons. The summed E-state index contributed by atoms with van der Waals surface area (Å²) < 4.78 is 0. The molecule has 3 N–H and O–H groups in total. The van der Waals surface area contributed by atoms with Crippen LogP contribution in [-0.4, -0.2) is 5.11 Å². The molecule has 0 radical (unpaired) electrons. The molecule has 0 heterocycles. The predicted octanol–water partition coefficient (Wildman–Crippen LogP) is 1.88. The zero-order valence-corrected chi connectivity index (χ0v) is 7.54. The van der Waals surface area contributed by atoms with Gasteiger partial charge in [-0.25, -0.2) is 0 Å². The third-order valence-corrected chi connectivity index (χ3v) is 1.96. The first-order valence-corrected chi connectivity index (χ1v) is 4.14. The van der Waals surface area contributed by atoms with E-state index in [1.165, 1.54) is 5.56 Å². The summed E-state index contributed by atoms with van der Waals surface area (Å²) >= 11 is 0. The van der Waals surface area contributed by atoms with E-state index in [1.807, 2.05) is 18.2 Å². The van der Waals surface area contributed by atoms with Gasteiger partial charge in [0.2, 0.25) is 0 Å². The Balaban J connectivity index is 3.11. The van der Waals surface area contributed by atoms with Crippen molar-refractivity contribution in [3.63, 3.8) is 0 Å². The summed E-state index contributed by atoms with van der Waals surface area (Å²) in [6.07, 6.45) is 0. The number of aliphatic hydroxyl groups excluding tert-OH is 1. The van der Waals surface area contributed by atoms with Crippen molar-refractivity contribution in [1.82, 2.24) is 0 Å². The number of nitrogen functional groups attached to an aromatic ring is 1. The van der Waals surface area contributed by atoms with Crippen LogP contribution in [0.15, 0.2) is 18.2 Å². The van der Waals surface area contributed by atoms with E-state index < -0.39 is 0 Å². The van der Waals surface area contributed by atoms with Gasteiger partial charge >= 0.3 is 0 Å². The minimum atomic E-state index is 0.0680. The van der Waals surface area contributed by atoms with E-state index in [9.17, 15) is 0 Å². The predicted molar refractivity (Wildman–Crippen MR) is 50.9 cm³/mol. The molecule has 0 saturated carbocycles. The Morgan fingerprint density at radius 2 is 2.08 bits per heavy atom. The lowest BCUT2D eigenvalue weighted by atomic mass is 9.97. The summed E-state index contributed by atoms with van der Waals surface area (Å²) in [4.78, 5) is 0. The van der Waals surface area contributed by atoms with Gasteiger partial charge in [-0.3, -0.25) is 0 Å². The van der Waals surface area contributed by atoms with Gasteiger partial charge in [0.1, 0.15) is 0 Å². The summed E-state index contributed by atoms with van der Waals surface area (Å²) in [7, 11) is 0. The second-order valence-electron chi connectivity index (χ2n) is 3.27. The van der Waals surface area contributed by atoms with Gasteiger partial charge in [-0.05, 0) is 29.2 Å². The van der Waals surface area contributed by atoms with E-state index in [1.54, 1.807) is 0 Å². The summed E-state index contributed by atoms with van der Waals surface area (Å²) in [5.41, 5.74) is 8.41. The molecule has 0 bridgehead atoms. The summed E-state index contributed by atoms with van der Waals surface area (Å²) in [5.74, 6) is 0.438. The zero-order valence-electron chi connectivity index (χ0n) is 7.54. The molecule has 0 spiro atoms. The molecule has 1 rings (SSSR count). The lowest BCUT2D eigenvalue weighted by Crippen LogP contribution is -1.97. The molecule has 0 aliphatic rings. The van der Waals surface area contributed by atoms with Crippen LogP contribution in [0.5, 0.6) is 0 Å². The number of hydrogen-bond donors (Lipinski definition) is 2. The van der Waals surface area contributed by atoms with Crippen LogP contribution in [0.4, 0.5) is 5.69 Å². The summed E-state index contributed by atoms with van der Waals surface area (Å²) in [5, 5.41) is 9.04. The van der Waals surface area contributed by atoms with Crippen molar-refractivity contribution in [3.8, 4) is 0 Å². The lowest BCUT2D eigenvalue weighted by Gasteiger charge is -2.11. The summed E-state index contributed by atoms with van der Waals surface area (Å²) in [6, 6.07) is 5.68. The van der Waals surface area contributed by atoms with Crippen LogP contribution in [0.2, 0.25) is 0 Å². The number of rotatable bonds is 2. The molecule has 0 aromatic heterocycles. The second kappa shape index (κ2) is 3.59. The molecule has 12 heavy (non-hydrogen) atoms. The molecule has 1 aromatic carbocycles. The first kappa shape index (κ1) is 9.07. The van der Waals surface area contributed by atoms with E-state index in [4.69, 9.17) is 10.8 Å². The van der Waals surface area contributed by atoms with Gasteiger partial charge in [-0.1, -0.05) is 19.9 Å². The standard InChI is InChI=1S/C10H15NO/c1-7(2)10-4-3-9(11)5-8(10)6-12/h3-5,7,12H,6,11H2,1-2H3. The smallest absolute Gasteiger partial charge is 0.0685 e. The van der Waals surface area contributed by atoms with Gasteiger partial charge in [-0.15, -0.1) is 0 Å². The largest absolute Gasteiger partial charge is 0.399 e. The molecule has 0 unspecified atom stereocenters. The monoisotopic (exact) mass is 165 g/mol. The molecule has 1 aromatic rings. The van der Waals surface area contributed by atoms with E-state index in [0.29, 0.717) is 11.6 Å². The van der Waals surface area contributed by atoms with Gasteiger partial charge < -0.3 is 10.8 Å². The quantitative estimate of drug-likeness (QED) is 0.657. The Hall–Kier alpha value is -1.02. The molecule has 0 amide bonds. The molecule has 0 aliphatic carbocycles. The maximum Gasteiger partial charge on any atom is 0.0685 e. The van der Waals surface area contributed by atoms with Crippen LogP contribution >= 0.6 is 0 Å². The normalized spacial score (nSPS) is 10.7. The molecule has 0 atom stereocenters. The molecule has 2 heteroatoms. The maximum atomic E-state index is 9.04. The Morgan fingerprint density at radius 3 is 2.58 bits per heavy atom. The maximum absolute atomic E-state index is 9.04. The SMILES string of the molecule is CC(C)c1ccc(N)cc1CO. The van der Waals surface area contributed by atoms with E-state index >= 15 is 0 Å². The molecule has 0 saturated heterocycles. The highest BCUT2D eigenvalue weighted by molar-refractivity contribution is 5.45. The highest BCUT2D eigenvalue weighted by atomic mass is 16.3. The average molecular weight is 165 g/mol. The first-order valence-electron chi connectivity index (χ1n) is 4.14. The van der Waals surface area contributed by atoms with Crippen LogP contribution in [0.25, 0.3) is 0 Å². The van der Waals surface area contributed by atoms with E-state index in [0.717, 1.165) is 5.56 Å². The number of hydrogen-bond acceptors (Lipinski definition) is 2. The molecule has 0 aliphatic heterocycles. The number of nitrogens with two attached hydrogens (primary N) is 1. The molecular weight excluding hydrogens is 150 g/mol. The molecule has 2 nitrogen and oxygen atoms in total. The summed E-state index contributed by atoms with van der Waals surface area (Å²) in [6.45, 7) is 4.27. The highest BCUT2D eigenvalue weighted by Crippen LogP contribution is 2.21. The Kier molecular flexibility index (Phi) is 2.71. The number of anilines is 1. The third-order valence-electron chi connectivity index (χ3n) is 1.96. The van der Waals surface area contributed by atoms with Crippen molar-refractivity contribution in [2.75, 3.05) is 5.73 Å². The highest BCUT2D eigenvalue weighted by Gasteiger charge is 2.05. The van der Waals surface area contributed by atoms with Crippen molar-refractivity contribution >= 4 is 5.69 Å². The van der Waals surface area contributed by atoms with Crippen LogP contribution < -0.4 is 5.73 Å². The Bertz CT molecular complexity index is 269. The topological polar surface area (TPSA) is 46.2 Å². The zero-order chi connectivity index (χ0) is 9.14. The van der Waals surface area contributed by atoms with Crippen LogP contribution in [0, 0.1) is 0 Å². The second-order valence-corrected chi connectivity index (χ2v) is 3.27. The third kappa shape index (κ3) is 1.77. The van der Waals surface area contributed by atoms with Gasteiger partial charge in [0.15, 0.2) is 0 Å².